The Morgan fingerprint density at radius 3 is 2.19 bits per heavy atom. The molecule has 0 N–H and O–H groups in total. The Hall–Kier alpha value is -0.980. The molecule has 0 fully saturated rings. The van der Waals surface area contributed by atoms with Gasteiger partial charge in [0.2, 0.25) is 0 Å². The van der Waals surface area contributed by atoms with Gasteiger partial charge in [-0.2, -0.15) is 0 Å². The van der Waals surface area contributed by atoms with Gasteiger partial charge in [0.15, 0.2) is 0 Å². The highest BCUT2D eigenvalue weighted by atomic mass is 16.5. The fraction of sp³-hybridized carbons (Fsp3) is 0.700. The number of ether oxygens (including phenoxy) is 1. The molecule has 0 radical (unpaired) electrons. The van der Waals surface area contributed by atoms with Crippen LogP contribution in [0.15, 0.2) is 18.2 Å². The van der Waals surface area contributed by atoms with Crippen LogP contribution in [0.25, 0.3) is 0 Å². The first-order valence-electron chi connectivity index (χ1n) is 8.90. The highest BCUT2D eigenvalue weighted by molar-refractivity contribution is 5.41. The minimum atomic E-state index is 0.585. The zero-order chi connectivity index (χ0) is 15.7. The van der Waals surface area contributed by atoms with Crippen LogP contribution in [0, 0.1) is 0 Å². The van der Waals surface area contributed by atoms with Gasteiger partial charge in [0, 0.05) is 0 Å². The van der Waals surface area contributed by atoms with Gasteiger partial charge in [-0.25, -0.2) is 0 Å². The van der Waals surface area contributed by atoms with Crippen molar-refractivity contribution >= 4 is 0 Å². The van der Waals surface area contributed by atoms with E-state index in [-0.39, 0.29) is 0 Å². The molecule has 0 bridgehead atoms. The maximum absolute atomic E-state index is 6.11. The van der Waals surface area contributed by atoms with Crippen LogP contribution in [-0.4, -0.2) is 6.61 Å². The third-order valence-electron chi connectivity index (χ3n) is 4.34. The van der Waals surface area contributed by atoms with E-state index in [1.165, 1.54) is 43.2 Å². The number of hydrogen-bond acceptors (Lipinski definition) is 1. The minimum absolute atomic E-state index is 0.585. The van der Waals surface area contributed by atoms with Gasteiger partial charge in [0.1, 0.15) is 5.75 Å². The van der Waals surface area contributed by atoms with E-state index in [1.54, 1.807) is 0 Å². The average Bonchev–Trinajstić information content (AvgIpc) is 2.48. The van der Waals surface area contributed by atoms with Crippen molar-refractivity contribution in [1.82, 2.24) is 0 Å². The van der Waals surface area contributed by atoms with Crippen LogP contribution in [0.5, 0.6) is 5.75 Å². The normalized spacial score (nSPS) is 14.0. The molecule has 2 atom stereocenters. The van der Waals surface area contributed by atoms with Crippen LogP contribution < -0.4 is 4.74 Å². The van der Waals surface area contributed by atoms with Crippen LogP contribution in [0.4, 0.5) is 0 Å². The van der Waals surface area contributed by atoms with Crippen LogP contribution >= 0.6 is 0 Å². The molecule has 0 spiro atoms. The van der Waals surface area contributed by atoms with Crippen LogP contribution in [-0.2, 0) is 0 Å². The molecule has 1 heteroatoms. The minimum Gasteiger partial charge on any atom is -0.493 e. The Bertz CT molecular complexity index is 397. The van der Waals surface area contributed by atoms with Crippen molar-refractivity contribution in [1.29, 1.82) is 0 Å². The van der Waals surface area contributed by atoms with Crippen molar-refractivity contribution in [2.24, 2.45) is 0 Å². The molecule has 0 saturated heterocycles. The maximum Gasteiger partial charge on any atom is 0.123 e. The predicted octanol–water partition coefficient (Wildman–Crippen LogP) is 6.67. The molecule has 2 unspecified atom stereocenters. The Labute approximate surface area is 132 Å². The lowest BCUT2D eigenvalue weighted by molar-refractivity contribution is 0.304. The lowest BCUT2D eigenvalue weighted by atomic mass is 9.90. The standard InChI is InChI=1S/C20H34O/c1-6-9-14-21-20-15-18(16(4)10-7-2)12-13-19(20)17(5)11-8-3/h12-13,15-17H,6-11,14H2,1-5H3. The number of rotatable bonds is 10. The van der Waals surface area contributed by atoms with Gasteiger partial charge in [-0.3, -0.25) is 0 Å². The summed E-state index contributed by atoms with van der Waals surface area (Å²) < 4.78 is 6.11. The fourth-order valence-corrected chi connectivity index (χ4v) is 2.90. The molecule has 1 aromatic carbocycles. The van der Waals surface area contributed by atoms with Crippen LogP contribution in [0.1, 0.15) is 96.1 Å². The molecule has 120 valence electrons. The molecule has 0 amide bonds. The van der Waals surface area contributed by atoms with Crippen LogP contribution in [0.2, 0.25) is 0 Å². The maximum atomic E-state index is 6.11. The molecule has 21 heavy (non-hydrogen) atoms. The van der Waals surface area contributed by atoms with E-state index in [2.05, 4.69) is 52.8 Å². The molecule has 0 aliphatic rings. The summed E-state index contributed by atoms with van der Waals surface area (Å²) in [7, 11) is 0. The second kappa shape index (κ2) is 9.87. The van der Waals surface area contributed by atoms with E-state index >= 15 is 0 Å². The van der Waals surface area contributed by atoms with Crippen LogP contribution in [0.3, 0.4) is 0 Å². The van der Waals surface area contributed by atoms with Crippen molar-refractivity contribution in [3.05, 3.63) is 29.3 Å². The summed E-state index contributed by atoms with van der Waals surface area (Å²) in [6.07, 6.45) is 7.26. The van der Waals surface area contributed by atoms with Gasteiger partial charge in [-0.15, -0.1) is 0 Å². The van der Waals surface area contributed by atoms with Gasteiger partial charge in [-0.05, 0) is 48.3 Å². The van der Waals surface area contributed by atoms with E-state index in [1.807, 2.05) is 0 Å². The molecular weight excluding hydrogens is 256 g/mol. The van der Waals surface area contributed by atoms with Crippen molar-refractivity contribution in [2.45, 2.75) is 85.0 Å². The Morgan fingerprint density at radius 2 is 1.57 bits per heavy atom. The summed E-state index contributed by atoms with van der Waals surface area (Å²) in [4.78, 5) is 0. The van der Waals surface area contributed by atoms with Crippen molar-refractivity contribution in [3.8, 4) is 5.75 Å². The van der Waals surface area contributed by atoms with E-state index in [0.717, 1.165) is 18.8 Å². The quantitative estimate of drug-likeness (QED) is 0.437. The summed E-state index contributed by atoms with van der Waals surface area (Å²) in [5.74, 6) is 2.34. The van der Waals surface area contributed by atoms with Crippen molar-refractivity contribution in [2.75, 3.05) is 6.61 Å². The highest BCUT2D eigenvalue weighted by Crippen LogP contribution is 2.33. The van der Waals surface area contributed by atoms with Crippen molar-refractivity contribution < 1.29 is 4.74 Å². The summed E-state index contributed by atoms with van der Waals surface area (Å²) in [6.45, 7) is 12.2. The molecule has 1 rings (SSSR count). The van der Waals surface area contributed by atoms with Gasteiger partial charge < -0.3 is 4.74 Å². The molecule has 1 nitrogen and oxygen atoms in total. The first kappa shape index (κ1) is 18.1. The third-order valence-corrected chi connectivity index (χ3v) is 4.34. The topological polar surface area (TPSA) is 9.23 Å². The van der Waals surface area contributed by atoms with E-state index in [0.29, 0.717) is 11.8 Å². The molecule has 0 heterocycles. The SMILES string of the molecule is CCCCOc1cc(C(C)CCC)ccc1C(C)CCC. The molecule has 0 aliphatic heterocycles. The van der Waals surface area contributed by atoms with E-state index in [9.17, 15) is 0 Å². The molecular formula is C20H34O. The summed E-state index contributed by atoms with van der Waals surface area (Å²) in [5.41, 5.74) is 2.82. The molecule has 1 aromatic rings. The zero-order valence-corrected chi connectivity index (χ0v) is 14.7. The van der Waals surface area contributed by atoms with Gasteiger partial charge in [0.25, 0.3) is 0 Å². The monoisotopic (exact) mass is 290 g/mol. The smallest absolute Gasteiger partial charge is 0.123 e. The largest absolute Gasteiger partial charge is 0.493 e. The highest BCUT2D eigenvalue weighted by Gasteiger charge is 2.14. The summed E-state index contributed by atoms with van der Waals surface area (Å²) >= 11 is 0. The summed E-state index contributed by atoms with van der Waals surface area (Å²) in [6, 6.07) is 6.93. The lowest BCUT2D eigenvalue weighted by Gasteiger charge is -2.20. The zero-order valence-electron chi connectivity index (χ0n) is 14.7. The third kappa shape index (κ3) is 5.73. The Kier molecular flexibility index (Phi) is 8.49. The van der Waals surface area contributed by atoms with E-state index in [4.69, 9.17) is 4.74 Å². The molecule has 0 saturated carbocycles. The second-order valence-electron chi connectivity index (χ2n) is 6.38. The number of benzene rings is 1. The predicted molar refractivity (Wildman–Crippen MR) is 93.5 cm³/mol. The summed E-state index contributed by atoms with van der Waals surface area (Å²) in [5, 5.41) is 0. The average molecular weight is 290 g/mol. The first-order chi connectivity index (χ1) is 10.1. The lowest BCUT2D eigenvalue weighted by Crippen LogP contribution is -2.04. The van der Waals surface area contributed by atoms with Crippen molar-refractivity contribution in [3.63, 3.8) is 0 Å². The van der Waals surface area contributed by atoms with E-state index < -0.39 is 0 Å². The van der Waals surface area contributed by atoms with Gasteiger partial charge in [-0.1, -0.05) is 66.0 Å². The van der Waals surface area contributed by atoms with Gasteiger partial charge >= 0.3 is 0 Å². The second-order valence-corrected chi connectivity index (χ2v) is 6.38. The number of unbranched alkanes of at least 4 members (excludes halogenated alkanes) is 1. The molecule has 0 aliphatic carbocycles. The molecule has 0 aromatic heterocycles. The Balaban J connectivity index is 2.95. The Morgan fingerprint density at radius 1 is 0.905 bits per heavy atom. The number of hydrogen-bond donors (Lipinski definition) is 0. The van der Waals surface area contributed by atoms with Gasteiger partial charge in [0.05, 0.1) is 6.61 Å². The first-order valence-corrected chi connectivity index (χ1v) is 8.90. The fourth-order valence-electron chi connectivity index (χ4n) is 2.90.